The Hall–Kier alpha value is -3.20. The van der Waals surface area contributed by atoms with Crippen molar-refractivity contribution in [2.75, 3.05) is 6.61 Å². The van der Waals surface area contributed by atoms with Crippen molar-refractivity contribution in [3.8, 4) is 17.2 Å². The molecule has 0 spiro atoms. The van der Waals surface area contributed by atoms with Crippen molar-refractivity contribution < 1.29 is 40.6 Å². The Bertz CT molecular complexity index is 1400. The Labute approximate surface area is 270 Å². The molecule has 256 valence electrons. The normalized spacial score (nSPS) is 16.6. The van der Waals surface area contributed by atoms with Crippen LogP contribution in [0, 0.1) is 23.3 Å². The van der Waals surface area contributed by atoms with E-state index >= 15 is 13.2 Å². The lowest BCUT2D eigenvalue weighted by Gasteiger charge is -2.30. The predicted octanol–water partition coefficient (Wildman–Crippen LogP) is 12.2. The number of ether oxygens (including phenoxy) is 3. The van der Waals surface area contributed by atoms with Crippen molar-refractivity contribution in [1.82, 2.24) is 0 Å². The van der Waals surface area contributed by atoms with Crippen molar-refractivity contribution in [3.05, 3.63) is 87.5 Å². The van der Waals surface area contributed by atoms with Gasteiger partial charge in [0.15, 0.2) is 23.1 Å². The summed E-state index contributed by atoms with van der Waals surface area (Å²) in [5.41, 5.74) is 0.218. The van der Waals surface area contributed by atoms with Crippen molar-refractivity contribution in [2.45, 2.75) is 118 Å². The number of benzene rings is 3. The van der Waals surface area contributed by atoms with Crippen LogP contribution in [0.4, 0.5) is 26.3 Å². The molecule has 1 fully saturated rings. The second kappa shape index (κ2) is 18.2. The van der Waals surface area contributed by atoms with Crippen LogP contribution in [0.15, 0.2) is 36.4 Å². The molecular weight excluding hydrogens is 606 g/mol. The van der Waals surface area contributed by atoms with Crippen molar-refractivity contribution in [3.63, 3.8) is 0 Å². The van der Waals surface area contributed by atoms with Crippen LogP contribution in [-0.4, -0.2) is 12.7 Å². The quantitative estimate of drug-likeness (QED) is 0.177. The first-order valence-corrected chi connectivity index (χ1v) is 16.6. The van der Waals surface area contributed by atoms with Crippen LogP contribution in [0.1, 0.15) is 121 Å². The third kappa shape index (κ3) is 8.78. The molecule has 2 unspecified atom stereocenters. The minimum absolute atomic E-state index is 0.0119. The topological polar surface area (TPSA) is 27.7 Å². The average Bonchev–Trinajstić information content (AvgIpc) is 3.07. The molecule has 0 amide bonds. The fraction of sp³-hybridized carbons (Fsp3) is 0.514. The summed E-state index contributed by atoms with van der Waals surface area (Å²) >= 11 is 0. The van der Waals surface area contributed by atoms with Crippen LogP contribution >= 0.6 is 0 Å². The van der Waals surface area contributed by atoms with Crippen molar-refractivity contribution in [1.29, 1.82) is 0 Å². The zero-order chi connectivity index (χ0) is 34.6. The van der Waals surface area contributed by atoms with Crippen molar-refractivity contribution >= 4 is 0 Å². The van der Waals surface area contributed by atoms with Gasteiger partial charge in [-0.25, -0.2) is 8.78 Å². The van der Waals surface area contributed by atoms with Crippen LogP contribution in [0.5, 0.6) is 17.2 Å². The molecule has 2 atom stereocenters. The highest BCUT2D eigenvalue weighted by molar-refractivity contribution is 5.55. The maximum atomic E-state index is 15.4. The summed E-state index contributed by atoms with van der Waals surface area (Å²) in [4.78, 5) is 0. The van der Waals surface area contributed by atoms with E-state index in [-0.39, 0.29) is 36.2 Å². The standard InChI is InChI=1S/C31H30F6O3.3C2H6/c1-3-5-17-7-11-23(24(32)13-17)31(36,37)40-25-12-9-18-14-20-15-22(19-8-10-21(6-4-2)38-16-19)26(33)28(35)30(20)39-29(18)27(25)34;3*1-2/h7,9,11-13,15,19,21H,3-6,8,10,14,16H2,1-2H3;3*1-2H3. The Morgan fingerprint density at radius 1 is 0.783 bits per heavy atom. The molecule has 0 aliphatic carbocycles. The van der Waals surface area contributed by atoms with E-state index in [0.29, 0.717) is 30.4 Å². The van der Waals surface area contributed by atoms with E-state index in [9.17, 15) is 13.2 Å². The molecule has 2 aliphatic heterocycles. The molecule has 0 aromatic heterocycles. The molecule has 5 rings (SSSR count). The number of hydrogen-bond donors (Lipinski definition) is 0. The minimum Gasteiger partial charge on any atom is -0.450 e. The third-order valence-corrected chi connectivity index (χ3v) is 7.54. The maximum absolute atomic E-state index is 15.4. The summed E-state index contributed by atoms with van der Waals surface area (Å²) < 4.78 is 106. The van der Waals surface area contributed by atoms with E-state index in [1.807, 2.05) is 48.5 Å². The van der Waals surface area contributed by atoms with Gasteiger partial charge in [0.25, 0.3) is 0 Å². The molecule has 0 N–H and O–H groups in total. The number of hydrogen-bond acceptors (Lipinski definition) is 3. The highest BCUT2D eigenvalue weighted by atomic mass is 19.3. The van der Waals surface area contributed by atoms with Crippen molar-refractivity contribution in [2.24, 2.45) is 0 Å². The summed E-state index contributed by atoms with van der Waals surface area (Å²) in [6.45, 7) is 16.2. The van der Waals surface area contributed by atoms with E-state index in [4.69, 9.17) is 9.47 Å². The second-order valence-electron chi connectivity index (χ2n) is 10.4. The number of aryl methyl sites for hydroxylation is 1. The van der Waals surface area contributed by atoms with Crippen LogP contribution in [0.2, 0.25) is 0 Å². The molecular formula is C37H48F6O3. The Kier molecular flexibility index (Phi) is 15.4. The second-order valence-corrected chi connectivity index (χ2v) is 10.4. The lowest BCUT2D eigenvalue weighted by atomic mass is 9.87. The highest BCUT2D eigenvalue weighted by Crippen LogP contribution is 2.46. The molecule has 46 heavy (non-hydrogen) atoms. The van der Waals surface area contributed by atoms with Gasteiger partial charge in [-0.3, -0.25) is 0 Å². The van der Waals surface area contributed by atoms with Crippen LogP contribution < -0.4 is 9.47 Å². The van der Waals surface area contributed by atoms with Gasteiger partial charge in [-0.15, -0.1) is 0 Å². The van der Waals surface area contributed by atoms with Crippen LogP contribution in [0.3, 0.4) is 0 Å². The van der Waals surface area contributed by atoms with Gasteiger partial charge in [0.05, 0.1) is 18.3 Å². The maximum Gasteiger partial charge on any atom is 0.429 e. The van der Waals surface area contributed by atoms with Gasteiger partial charge >= 0.3 is 6.11 Å². The highest BCUT2D eigenvalue weighted by Gasteiger charge is 2.40. The fourth-order valence-electron chi connectivity index (χ4n) is 5.47. The summed E-state index contributed by atoms with van der Waals surface area (Å²) in [5.74, 6) is -7.19. The molecule has 2 heterocycles. The molecule has 3 nitrogen and oxygen atoms in total. The number of fused-ring (bicyclic) bond motifs is 2. The summed E-state index contributed by atoms with van der Waals surface area (Å²) in [7, 11) is 0. The van der Waals surface area contributed by atoms with Crippen LogP contribution in [-0.2, 0) is 23.7 Å². The average molecular weight is 655 g/mol. The first kappa shape index (κ1) is 39.0. The van der Waals surface area contributed by atoms with E-state index in [0.717, 1.165) is 37.5 Å². The van der Waals surface area contributed by atoms with E-state index < -0.39 is 52.2 Å². The lowest BCUT2D eigenvalue weighted by Crippen LogP contribution is -2.25. The largest absolute Gasteiger partial charge is 0.450 e. The Balaban J connectivity index is 0.00000116. The molecule has 2 aliphatic rings. The van der Waals surface area contributed by atoms with E-state index in [2.05, 4.69) is 11.7 Å². The predicted molar refractivity (Wildman–Crippen MR) is 171 cm³/mol. The molecule has 0 radical (unpaired) electrons. The van der Waals surface area contributed by atoms with Gasteiger partial charge in [-0.2, -0.15) is 17.6 Å². The molecule has 3 aromatic rings. The molecule has 3 aromatic carbocycles. The van der Waals surface area contributed by atoms with Gasteiger partial charge < -0.3 is 14.2 Å². The number of rotatable bonds is 8. The fourth-order valence-corrected chi connectivity index (χ4v) is 5.47. The Morgan fingerprint density at radius 2 is 1.46 bits per heavy atom. The Morgan fingerprint density at radius 3 is 2.04 bits per heavy atom. The number of halogens is 6. The van der Waals surface area contributed by atoms with Gasteiger partial charge in [-0.05, 0) is 61.1 Å². The number of alkyl halides is 2. The van der Waals surface area contributed by atoms with E-state index in [1.165, 1.54) is 18.2 Å². The first-order chi connectivity index (χ1) is 22.1. The zero-order valence-corrected chi connectivity index (χ0v) is 28.3. The van der Waals surface area contributed by atoms with Gasteiger partial charge in [-0.1, -0.05) is 80.4 Å². The van der Waals surface area contributed by atoms with E-state index in [1.54, 1.807) is 0 Å². The summed E-state index contributed by atoms with van der Waals surface area (Å²) in [6, 6.07) is 7.06. The minimum atomic E-state index is -4.21. The zero-order valence-electron chi connectivity index (χ0n) is 28.3. The monoisotopic (exact) mass is 654 g/mol. The SMILES string of the molecule is CC.CC.CC.CCCc1ccc(C(F)(F)Oc2ccc3c(c2F)Oc2c(cc(C4CCC(CCC)OC4)c(F)c2F)C3)c(F)c1. The lowest BCUT2D eigenvalue weighted by molar-refractivity contribution is -0.189. The smallest absolute Gasteiger partial charge is 0.429 e. The molecule has 0 saturated carbocycles. The molecule has 9 heteroatoms. The summed E-state index contributed by atoms with van der Waals surface area (Å²) in [6.07, 6.45) is 0.349. The molecule has 0 bridgehead atoms. The van der Waals surface area contributed by atoms with Gasteiger partial charge in [0.1, 0.15) is 5.82 Å². The van der Waals surface area contributed by atoms with Gasteiger partial charge in [0.2, 0.25) is 11.6 Å². The molecule has 1 saturated heterocycles. The third-order valence-electron chi connectivity index (χ3n) is 7.54. The summed E-state index contributed by atoms with van der Waals surface area (Å²) in [5, 5.41) is 0. The van der Waals surface area contributed by atoms with Gasteiger partial charge in [0, 0.05) is 23.5 Å². The first-order valence-electron chi connectivity index (χ1n) is 16.6. The van der Waals surface area contributed by atoms with Crippen LogP contribution in [0.25, 0.3) is 0 Å².